The highest BCUT2D eigenvalue weighted by Gasteiger charge is 2.05. The number of rotatable bonds is 4. The van der Waals surface area contributed by atoms with E-state index in [1.54, 1.807) is 6.07 Å². The fraction of sp³-hybridized carbons (Fsp3) is 0.333. The van der Waals surface area contributed by atoms with Gasteiger partial charge in [0, 0.05) is 16.6 Å². The van der Waals surface area contributed by atoms with Gasteiger partial charge >= 0.3 is 0 Å². The fourth-order valence-electron chi connectivity index (χ4n) is 1.82. The molecule has 0 aliphatic carbocycles. The molecule has 18 heavy (non-hydrogen) atoms. The Kier molecular flexibility index (Phi) is 3.60. The maximum atomic E-state index is 11.1. The lowest BCUT2D eigenvalue weighted by Crippen LogP contribution is -2.04. The van der Waals surface area contributed by atoms with Crippen LogP contribution < -0.4 is 4.74 Å². The first-order valence-corrected chi connectivity index (χ1v) is 6.09. The molecule has 1 aromatic carbocycles. The lowest BCUT2D eigenvalue weighted by atomic mass is 10.1. The molecule has 0 aliphatic heterocycles. The van der Waals surface area contributed by atoms with Gasteiger partial charge in [0.2, 0.25) is 0 Å². The normalized spacial score (nSPS) is 10.9. The summed E-state index contributed by atoms with van der Waals surface area (Å²) < 4.78 is 5.66. The molecule has 94 valence electrons. The van der Waals surface area contributed by atoms with Crippen LogP contribution in [0.1, 0.15) is 29.9 Å². The molecule has 1 aromatic heterocycles. The van der Waals surface area contributed by atoms with Crippen molar-refractivity contribution in [2.75, 3.05) is 6.61 Å². The van der Waals surface area contributed by atoms with Crippen LogP contribution in [-0.2, 0) is 0 Å². The molecule has 0 unspecified atom stereocenters. The Bertz CT molecular complexity index is 576. The largest absolute Gasteiger partial charge is 0.493 e. The Morgan fingerprint density at radius 1 is 1.33 bits per heavy atom. The van der Waals surface area contributed by atoms with Crippen LogP contribution in [0.25, 0.3) is 10.9 Å². The van der Waals surface area contributed by atoms with Gasteiger partial charge < -0.3 is 4.74 Å². The summed E-state index contributed by atoms with van der Waals surface area (Å²) in [7, 11) is 0. The summed E-state index contributed by atoms with van der Waals surface area (Å²) >= 11 is 0. The van der Waals surface area contributed by atoms with Gasteiger partial charge in [0.1, 0.15) is 5.75 Å². The number of aldehydes is 1. The molecule has 1 heterocycles. The first kappa shape index (κ1) is 12.6. The highest BCUT2D eigenvalue weighted by atomic mass is 16.5. The number of aromatic nitrogens is 1. The van der Waals surface area contributed by atoms with Gasteiger partial charge in [0.05, 0.1) is 12.1 Å². The second-order valence-electron chi connectivity index (χ2n) is 4.85. The van der Waals surface area contributed by atoms with Crippen LogP contribution in [0.3, 0.4) is 0 Å². The molecule has 3 heteroatoms. The van der Waals surface area contributed by atoms with Gasteiger partial charge in [-0.1, -0.05) is 13.8 Å². The van der Waals surface area contributed by atoms with Crippen LogP contribution in [0, 0.1) is 12.8 Å². The summed E-state index contributed by atoms with van der Waals surface area (Å²) in [5.74, 6) is 1.26. The quantitative estimate of drug-likeness (QED) is 0.773. The van der Waals surface area contributed by atoms with E-state index >= 15 is 0 Å². The molecule has 0 atom stereocenters. The number of nitrogens with zero attached hydrogens (tertiary/aromatic N) is 1. The summed E-state index contributed by atoms with van der Waals surface area (Å²) in [6.45, 7) is 6.75. The minimum atomic E-state index is 0.474. The molecule has 3 nitrogen and oxygen atoms in total. The maximum Gasteiger partial charge on any atom is 0.150 e. The molecular formula is C15H17NO2. The van der Waals surface area contributed by atoms with Gasteiger partial charge in [-0.3, -0.25) is 9.78 Å². The van der Waals surface area contributed by atoms with Gasteiger partial charge in [0.25, 0.3) is 0 Å². The maximum absolute atomic E-state index is 11.1. The van der Waals surface area contributed by atoms with Crippen molar-refractivity contribution in [3.8, 4) is 5.75 Å². The van der Waals surface area contributed by atoms with Crippen molar-refractivity contribution >= 4 is 17.2 Å². The molecule has 2 rings (SSSR count). The third kappa shape index (κ3) is 2.67. The first-order valence-electron chi connectivity index (χ1n) is 6.09. The number of carbonyl (C=O) groups excluding carboxylic acids is 1. The number of ether oxygens (including phenoxy) is 1. The van der Waals surface area contributed by atoms with Crippen LogP contribution in [0.5, 0.6) is 5.75 Å². The Morgan fingerprint density at radius 3 is 2.78 bits per heavy atom. The number of aryl methyl sites for hydroxylation is 1. The molecule has 0 saturated heterocycles. The number of fused-ring (bicyclic) bond motifs is 1. The SMILES string of the molecule is Cc1cc(C=O)c2cc(OCC(C)C)ccc2n1. The predicted molar refractivity (Wildman–Crippen MR) is 72.2 cm³/mol. The molecule has 0 bridgehead atoms. The number of carbonyl (C=O) groups is 1. The van der Waals surface area contributed by atoms with Crippen molar-refractivity contribution in [2.24, 2.45) is 5.92 Å². The summed E-state index contributed by atoms with van der Waals surface area (Å²) in [4.78, 5) is 15.5. The third-order valence-electron chi connectivity index (χ3n) is 2.65. The zero-order valence-corrected chi connectivity index (χ0v) is 10.9. The van der Waals surface area contributed by atoms with E-state index in [1.165, 1.54) is 0 Å². The van der Waals surface area contributed by atoms with Crippen molar-refractivity contribution in [3.05, 3.63) is 35.5 Å². The van der Waals surface area contributed by atoms with E-state index in [9.17, 15) is 4.79 Å². The van der Waals surface area contributed by atoms with Gasteiger partial charge in [-0.15, -0.1) is 0 Å². The van der Waals surface area contributed by atoms with Gasteiger partial charge in [-0.2, -0.15) is 0 Å². The molecule has 0 saturated carbocycles. The Morgan fingerprint density at radius 2 is 2.11 bits per heavy atom. The molecule has 0 amide bonds. The topological polar surface area (TPSA) is 39.2 Å². The van der Waals surface area contributed by atoms with Crippen molar-refractivity contribution in [2.45, 2.75) is 20.8 Å². The van der Waals surface area contributed by atoms with Gasteiger partial charge in [-0.05, 0) is 37.1 Å². The third-order valence-corrected chi connectivity index (χ3v) is 2.65. The van der Waals surface area contributed by atoms with Crippen LogP contribution in [0.4, 0.5) is 0 Å². The lowest BCUT2D eigenvalue weighted by molar-refractivity contribution is 0.112. The fourth-order valence-corrected chi connectivity index (χ4v) is 1.82. The van der Waals surface area contributed by atoms with Crippen LogP contribution in [-0.4, -0.2) is 17.9 Å². The second kappa shape index (κ2) is 5.17. The van der Waals surface area contributed by atoms with Crippen molar-refractivity contribution in [1.82, 2.24) is 4.98 Å². The smallest absolute Gasteiger partial charge is 0.150 e. The van der Waals surface area contributed by atoms with Crippen molar-refractivity contribution in [1.29, 1.82) is 0 Å². The van der Waals surface area contributed by atoms with Crippen molar-refractivity contribution in [3.63, 3.8) is 0 Å². The highest BCUT2D eigenvalue weighted by Crippen LogP contribution is 2.23. The summed E-state index contributed by atoms with van der Waals surface area (Å²) in [6.07, 6.45) is 0.864. The van der Waals surface area contributed by atoms with Crippen LogP contribution >= 0.6 is 0 Å². The van der Waals surface area contributed by atoms with Crippen LogP contribution in [0.2, 0.25) is 0 Å². The van der Waals surface area contributed by atoms with Crippen molar-refractivity contribution < 1.29 is 9.53 Å². The number of benzene rings is 1. The molecule has 0 N–H and O–H groups in total. The minimum absolute atomic E-state index is 0.474. The van der Waals surface area contributed by atoms with E-state index in [0.717, 1.165) is 28.6 Å². The standard InChI is InChI=1S/C15H17NO2/c1-10(2)9-18-13-4-5-15-14(7-13)12(8-17)6-11(3)16-15/h4-8,10H,9H2,1-3H3. The number of hydrogen-bond donors (Lipinski definition) is 0. The molecule has 0 aliphatic rings. The Labute approximate surface area is 107 Å². The van der Waals surface area contributed by atoms with Crippen LogP contribution in [0.15, 0.2) is 24.3 Å². The van der Waals surface area contributed by atoms with E-state index in [-0.39, 0.29) is 0 Å². The van der Waals surface area contributed by atoms with Gasteiger partial charge in [0.15, 0.2) is 6.29 Å². The molecule has 0 radical (unpaired) electrons. The first-order chi connectivity index (χ1) is 8.60. The molecule has 2 aromatic rings. The summed E-state index contributed by atoms with van der Waals surface area (Å²) in [5.41, 5.74) is 2.34. The zero-order valence-electron chi connectivity index (χ0n) is 10.9. The Balaban J connectivity index is 2.43. The van der Waals surface area contributed by atoms with E-state index in [1.807, 2.05) is 25.1 Å². The average molecular weight is 243 g/mol. The van der Waals surface area contributed by atoms with E-state index in [0.29, 0.717) is 18.1 Å². The predicted octanol–water partition coefficient (Wildman–Crippen LogP) is 3.39. The van der Waals surface area contributed by atoms with Gasteiger partial charge in [-0.25, -0.2) is 0 Å². The highest BCUT2D eigenvalue weighted by molar-refractivity contribution is 5.97. The number of pyridine rings is 1. The Hall–Kier alpha value is -1.90. The van der Waals surface area contributed by atoms with E-state index in [2.05, 4.69) is 18.8 Å². The average Bonchev–Trinajstić information content (AvgIpc) is 2.35. The molecular weight excluding hydrogens is 226 g/mol. The van der Waals surface area contributed by atoms with E-state index in [4.69, 9.17) is 4.74 Å². The summed E-state index contributed by atoms with van der Waals surface area (Å²) in [6, 6.07) is 7.46. The molecule has 0 fully saturated rings. The second-order valence-corrected chi connectivity index (χ2v) is 4.85. The zero-order chi connectivity index (χ0) is 13.1. The van der Waals surface area contributed by atoms with E-state index < -0.39 is 0 Å². The monoisotopic (exact) mass is 243 g/mol. The molecule has 0 spiro atoms. The summed E-state index contributed by atoms with van der Waals surface area (Å²) in [5, 5.41) is 0.844. The lowest BCUT2D eigenvalue weighted by Gasteiger charge is -2.10. The minimum Gasteiger partial charge on any atom is -0.493 e. The number of hydrogen-bond acceptors (Lipinski definition) is 3.